The molecule has 10 nitrogen and oxygen atoms in total. The summed E-state index contributed by atoms with van der Waals surface area (Å²) in [6, 6.07) is 14.1. The number of ether oxygens (including phenoxy) is 2. The van der Waals surface area contributed by atoms with Gasteiger partial charge in [0.15, 0.2) is 0 Å². The Morgan fingerprint density at radius 2 is 1.00 bits per heavy atom. The Kier molecular flexibility index (Phi) is 9.67. The average Bonchev–Trinajstić information content (AvgIpc) is 3.60. The third kappa shape index (κ3) is 8.95. The first-order chi connectivity index (χ1) is 20.2. The lowest BCUT2D eigenvalue weighted by Gasteiger charge is -2.28. The molecule has 43 heavy (non-hydrogen) atoms. The van der Waals surface area contributed by atoms with Crippen molar-refractivity contribution < 1.29 is 28.7 Å². The van der Waals surface area contributed by atoms with Crippen molar-refractivity contribution in [2.45, 2.75) is 96.9 Å². The van der Waals surface area contributed by atoms with Crippen molar-refractivity contribution in [2.24, 2.45) is 0 Å². The van der Waals surface area contributed by atoms with Gasteiger partial charge in [0.2, 0.25) is 11.8 Å². The number of hydrogen-bond acceptors (Lipinski definition) is 6. The summed E-state index contributed by atoms with van der Waals surface area (Å²) >= 11 is 0. The first kappa shape index (κ1) is 31.8. The van der Waals surface area contributed by atoms with Gasteiger partial charge in [0.05, 0.1) is 0 Å². The van der Waals surface area contributed by atoms with Gasteiger partial charge in [-0.15, -0.1) is 0 Å². The van der Waals surface area contributed by atoms with E-state index in [1.165, 1.54) is 9.80 Å². The van der Waals surface area contributed by atoms with Crippen molar-refractivity contribution >= 4 is 35.4 Å². The van der Waals surface area contributed by atoms with Crippen LogP contribution in [0.4, 0.5) is 21.0 Å². The number of benzene rings is 2. The van der Waals surface area contributed by atoms with Gasteiger partial charge >= 0.3 is 12.2 Å². The molecule has 2 N–H and O–H groups in total. The summed E-state index contributed by atoms with van der Waals surface area (Å²) in [5, 5.41) is 5.86. The van der Waals surface area contributed by atoms with Crippen LogP contribution in [0.25, 0.3) is 0 Å². The van der Waals surface area contributed by atoms with Crippen molar-refractivity contribution in [1.29, 1.82) is 0 Å². The van der Waals surface area contributed by atoms with Gasteiger partial charge in [0.1, 0.15) is 23.3 Å². The van der Waals surface area contributed by atoms with Crippen LogP contribution in [0.1, 0.15) is 78.4 Å². The minimum atomic E-state index is -0.620. The van der Waals surface area contributed by atoms with Gasteiger partial charge in [-0.3, -0.25) is 19.4 Å². The van der Waals surface area contributed by atoms with Crippen LogP contribution in [0.15, 0.2) is 48.5 Å². The molecule has 2 aromatic rings. The summed E-state index contributed by atoms with van der Waals surface area (Å²) in [4.78, 5) is 54.0. The van der Waals surface area contributed by atoms with Gasteiger partial charge in [-0.2, -0.15) is 0 Å². The standard InChI is InChI=1S/C33H44N4O6/c1-32(2,3)42-30(40)36-19-7-9-26(36)28(38)34-24-15-11-22(12-16-24)21-23-13-17-25(18-14-23)35-29(39)27-10-8-20-37(27)31(41)43-33(4,5)6/h11-18,26-27H,7-10,19-21H2,1-6H3,(H,34,38)(H,35,39)/t26-,27-/m0/s1. The normalized spacial score (nSPS) is 18.7. The molecule has 2 atom stereocenters. The maximum Gasteiger partial charge on any atom is 0.410 e. The largest absolute Gasteiger partial charge is 0.444 e. The lowest BCUT2D eigenvalue weighted by molar-refractivity contribution is -0.121. The van der Waals surface area contributed by atoms with Crippen LogP contribution in [-0.2, 0) is 25.5 Å². The van der Waals surface area contributed by atoms with Gasteiger partial charge in [0, 0.05) is 24.5 Å². The van der Waals surface area contributed by atoms with E-state index in [0.29, 0.717) is 43.7 Å². The van der Waals surface area contributed by atoms with E-state index < -0.39 is 35.5 Å². The Balaban J connectivity index is 1.28. The summed E-state index contributed by atoms with van der Waals surface area (Å²) in [5.74, 6) is -0.443. The number of carbonyl (C=O) groups excluding carboxylic acids is 4. The number of anilines is 2. The molecule has 4 amide bonds. The second-order valence-corrected chi connectivity index (χ2v) is 13.2. The van der Waals surface area contributed by atoms with E-state index in [1.807, 2.05) is 90.1 Å². The maximum absolute atomic E-state index is 13.0. The molecule has 0 aliphatic carbocycles. The minimum absolute atomic E-state index is 0.222. The lowest BCUT2D eigenvalue weighted by atomic mass is 10.0. The highest BCUT2D eigenvalue weighted by molar-refractivity contribution is 5.97. The summed E-state index contributed by atoms with van der Waals surface area (Å²) in [6.45, 7) is 11.9. The Bertz CT molecular complexity index is 1210. The van der Waals surface area contributed by atoms with Gasteiger partial charge in [-0.25, -0.2) is 9.59 Å². The molecule has 0 bridgehead atoms. The fourth-order valence-corrected chi connectivity index (χ4v) is 5.26. The summed E-state index contributed by atoms with van der Waals surface area (Å²) in [6.07, 6.45) is 2.45. The van der Waals surface area contributed by atoms with Crippen LogP contribution < -0.4 is 10.6 Å². The van der Waals surface area contributed by atoms with Crippen LogP contribution in [0.3, 0.4) is 0 Å². The molecule has 4 rings (SSSR count). The third-order valence-corrected chi connectivity index (χ3v) is 7.22. The smallest absolute Gasteiger partial charge is 0.410 e. The summed E-state index contributed by atoms with van der Waals surface area (Å²) < 4.78 is 10.9. The number of nitrogens with zero attached hydrogens (tertiary/aromatic N) is 2. The fourth-order valence-electron chi connectivity index (χ4n) is 5.26. The lowest BCUT2D eigenvalue weighted by Crippen LogP contribution is -2.45. The number of rotatable bonds is 6. The van der Waals surface area contributed by atoms with Crippen molar-refractivity contribution in [3.8, 4) is 0 Å². The molecule has 232 valence electrons. The van der Waals surface area contributed by atoms with Crippen molar-refractivity contribution in [2.75, 3.05) is 23.7 Å². The Hall–Kier alpha value is -4.08. The van der Waals surface area contributed by atoms with Crippen LogP contribution in [0.5, 0.6) is 0 Å². The van der Waals surface area contributed by atoms with Crippen molar-refractivity contribution in [3.63, 3.8) is 0 Å². The van der Waals surface area contributed by atoms with E-state index in [-0.39, 0.29) is 11.8 Å². The monoisotopic (exact) mass is 592 g/mol. The zero-order valence-corrected chi connectivity index (χ0v) is 26.1. The fraction of sp³-hybridized carbons (Fsp3) is 0.515. The van der Waals surface area contributed by atoms with Crippen LogP contribution in [0, 0.1) is 0 Å². The highest BCUT2D eigenvalue weighted by atomic mass is 16.6. The zero-order valence-electron chi connectivity index (χ0n) is 26.1. The van der Waals surface area contributed by atoms with E-state index >= 15 is 0 Å². The molecule has 0 saturated carbocycles. The van der Waals surface area contributed by atoms with E-state index in [4.69, 9.17) is 9.47 Å². The molecular weight excluding hydrogens is 548 g/mol. The number of nitrogens with one attached hydrogen (secondary N) is 2. The molecule has 2 saturated heterocycles. The minimum Gasteiger partial charge on any atom is -0.444 e. The molecule has 0 spiro atoms. The quantitative estimate of drug-likeness (QED) is 0.428. The van der Waals surface area contributed by atoms with Crippen LogP contribution >= 0.6 is 0 Å². The predicted molar refractivity (Wildman–Crippen MR) is 165 cm³/mol. The van der Waals surface area contributed by atoms with E-state index in [1.54, 1.807) is 0 Å². The molecule has 2 fully saturated rings. The van der Waals surface area contributed by atoms with Gasteiger partial charge in [-0.1, -0.05) is 24.3 Å². The van der Waals surface area contributed by atoms with Crippen molar-refractivity contribution in [3.05, 3.63) is 59.7 Å². The molecule has 10 heteroatoms. The molecule has 2 heterocycles. The topological polar surface area (TPSA) is 117 Å². The Morgan fingerprint density at radius 1 is 0.651 bits per heavy atom. The third-order valence-electron chi connectivity index (χ3n) is 7.22. The summed E-state index contributed by atoms with van der Waals surface area (Å²) in [5.41, 5.74) is 2.21. The van der Waals surface area contributed by atoms with E-state index in [2.05, 4.69) is 10.6 Å². The molecule has 2 aromatic carbocycles. The second kappa shape index (κ2) is 13.1. The molecule has 2 aliphatic rings. The molecule has 0 unspecified atom stereocenters. The molecule has 0 radical (unpaired) electrons. The maximum atomic E-state index is 13.0. The van der Waals surface area contributed by atoms with E-state index in [9.17, 15) is 19.2 Å². The number of likely N-dealkylation sites (tertiary alicyclic amines) is 2. The molecule has 2 aliphatic heterocycles. The van der Waals surface area contributed by atoms with Crippen molar-refractivity contribution in [1.82, 2.24) is 9.80 Å². The Labute approximate surface area is 254 Å². The molecule has 0 aromatic heterocycles. The number of amides is 4. The SMILES string of the molecule is CC(C)(C)OC(=O)N1CCC[C@H]1C(=O)Nc1ccc(Cc2ccc(NC(=O)[C@@H]3CCCN3C(=O)OC(C)(C)C)cc2)cc1. The Morgan fingerprint density at radius 3 is 1.33 bits per heavy atom. The van der Waals surface area contributed by atoms with Crippen LogP contribution in [-0.4, -0.2) is 70.2 Å². The second-order valence-electron chi connectivity index (χ2n) is 13.2. The first-order valence-corrected chi connectivity index (χ1v) is 15.0. The first-order valence-electron chi connectivity index (χ1n) is 15.0. The highest BCUT2D eigenvalue weighted by Gasteiger charge is 2.37. The zero-order chi connectivity index (χ0) is 31.4. The average molecular weight is 593 g/mol. The van der Waals surface area contributed by atoms with Gasteiger partial charge in [0.25, 0.3) is 0 Å². The summed E-state index contributed by atoms with van der Waals surface area (Å²) in [7, 11) is 0. The highest BCUT2D eigenvalue weighted by Crippen LogP contribution is 2.24. The van der Waals surface area contributed by atoms with Crippen LogP contribution in [0.2, 0.25) is 0 Å². The number of carbonyl (C=O) groups is 4. The van der Waals surface area contributed by atoms with Gasteiger partial charge in [-0.05, 0) is 109 Å². The predicted octanol–water partition coefficient (Wildman–Crippen LogP) is 5.95. The molecular formula is C33H44N4O6. The number of hydrogen-bond donors (Lipinski definition) is 2. The van der Waals surface area contributed by atoms with E-state index in [0.717, 1.165) is 24.0 Å². The van der Waals surface area contributed by atoms with Gasteiger partial charge < -0.3 is 20.1 Å².